The van der Waals surface area contributed by atoms with Gasteiger partial charge in [0.05, 0.1) is 11.8 Å². The van der Waals surface area contributed by atoms with E-state index in [0.29, 0.717) is 0 Å². The van der Waals surface area contributed by atoms with Crippen LogP contribution in [0, 0.1) is 37.5 Å². The number of allylic oxidation sites excluding steroid dienone is 2. The first kappa shape index (κ1) is 17.8. The zero-order valence-corrected chi connectivity index (χ0v) is 15.7. The molecule has 1 aromatic rings. The van der Waals surface area contributed by atoms with E-state index in [0.717, 1.165) is 29.7 Å². The molecular weight excluding hydrogens is 342 g/mol. The fourth-order valence-corrected chi connectivity index (χ4v) is 4.81. The largest absolute Gasteiger partial charge is 0.336 e. The fourth-order valence-electron chi connectivity index (χ4n) is 4.81. The molecule has 5 rings (SSSR count). The van der Waals surface area contributed by atoms with Gasteiger partial charge in [-0.15, -0.1) is 0 Å². The predicted molar refractivity (Wildman–Crippen MR) is 102 cm³/mol. The number of para-hydroxylation sites is 1. The highest BCUT2D eigenvalue weighted by molar-refractivity contribution is 6.06. The molecule has 0 aromatic heterocycles. The second kappa shape index (κ2) is 6.83. The molecule has 1 saturated heterocycles. The third kappa shape index (κ3) is 3.03. The number of carbonyl (C=O) groups excluding carboxylic acids is 3. The van der Waals surface area contributed by atoms with Crippen LogP contribution in [0.15, 0.2) is 30.4 Å². The van der Waals surface area contributed by atoms with Gasteiger partial charge in [0.25, 0.3) is 0 Å². The lowest BCUT2D eigenvalue weighted by Gasteiger charge is -2.38. The minimum atomic E-state index is -0.328. The first-order chi connectivity index (χ1) is 13.0. The molecule has 0 spiro atoms. The van der Waals surface area contributed by atoms with E-state index in [2.05, 4.69) is 22.8 Å². The number of nitrogens with one attached hydrogen (secondary N) is 2. The van der Waals surface area contributed by atoms with Crippen molar-refractivity contribution >= 4 is 23.5 Å². The van der Waals surface area contributed by atoms with Gasteiger partial charge in [0.15, 0.2) is 0 Å². The van der Waals surface area contributed by atoms with Crippen LogP contribution in [0.3, 0.4) is 0 Å². The molecule has 4 aliphatic rings. The highest BCUT2D eigenvalue weighted by atomic mass is 16.2. The summed E-state index contributed by atoms with van der Waals surface area (Å²) in [6.07, 6.45) is 6.21. The maximum atomic E-state index is 12.7. The summed E-state index contributed by atoms with van der Waals surface area (Å²) in [6.45, 7) is 4.35. The molecule has 6 nitrogen and oxygen atoms in total. The summed E-state index contributed by atoms with van der Waals surface area (Å²) in [7, 11) is 0. The molecule has 27 heavy (non-hydrogen) atoms. The molecule has 4 amide bonds. The van der Waals surface area contributed by atoms with Crippen LogP contribution in [0.25, 0.3) is 0 Å². The van der Waals surface area contributed by atoms with E-state index < -0.39 is 0 Å². The van der Waals surface area contributed by atoms with Gasteiger partial charge >= 0.3 is 6.03 Å². The van der Waals surface area contributed by atoms with Gasteiger partial charge in [0, 0.05) is 18.8 Å². The maximum absolute atomic E-state index is 12.7. The van der Waals surface area contributed by atoms with Crippen molar-refractivity contribution in [3.63, 3.8) is 0 Å². The van der Waals surface area contributed by atoms with Gasteiger partial charge < -0.3 is 10.6 Å². The second-order valence-electron chi connectivity index (χ2n) is 7.82. The lowest BCUT2D eigenvalue weighted by atomic mass is 9.63. The summed E-state index contributed by atoms with van der Waals surface area (Å²) in [5, 5.41) is 5.61. The molecule has 1 saturated carbocycles. The predicted octanol–water partition coefficient (Wildman–Crippen LogP) is 2.62. The highest BCUT2D eigenvalue weighted by Gasteiger charge is 2.56. The average molecular weight is 367 g/mol. The summed E-state index contributed by atoms with van der Waals surface area (Å²) in [5.74, 6) is -0.125. The average Bonchev–Trinajstić information content (AvgIpc) is 2.93. The van der Waals surface area contributed by atoms with Gasteiger partial charge in [0.1, 0.15) is 0 Å². The number of rotatable bonds is 4. The molecular formula is C21H25N3O3. The van der Waals surface area contributed by atoms with E-state index in [-0.39, 0.29) is 54.6 Å². The van der Waals surface area contributed by atoms with Gasteiger partial charge in [-0.3, -0.25) is 14.5 Å². The van der Waals surface area contributed by atoms with Crippen LogP contribution < -0.4 is 10.6 Å². The highest BCUT2D eigenvalue weighted by Crippen LogP contribution is 2.49. The van der Waals surface area contributed by atoms with Crippen LogP contribution in [0.4, 0.5) is 10.5 Å². The van der Waals surface area contributed by atoms with Gasteiger partial charge in [-0.1, -0.05) is 30.4 Å². The Balaban J connectivity index is 1.34. The number of aryl methyl sites for hydroxylation is 2. The molecule has 0 radical (unpaired) electrons. The third-order valence-corrected chi connectivity index (χ3v) is 6.19. The molecule has 1 aliphatic heterocycles. The molecule has 2 N–H and O–H groups in total. The smallest absolute Gasteiger partial charge is 0.319 e. The van der Waals surface area contributed by atoms with Crippen LogP contribution in [0.5, 0.6) is 0 Å². The molecule has 0 unspecified atom stereocenters. The van der Waals surface area contributed by atoms with E-state index in [9.17, 15) is 14.4 Å². The molecule has 2 fully saturated rings. The van der Waals surface area contributed by atoms with Crippen LogP contribution in [-0.4, -0.2) is 35.8 Å². The standard InChI is InChI=1S/C21H25N3O3/c1-12-4-3-5-13(2)18(12)23-21(27)22-10-11-24-19(25)16-14-6-7-15(9-8-14)17(16)20(24)26/h3-7,14-17H,8-11H2,1-2H3,(H2,22,23,27)/t14-,15-,16-,17+/m0/s1. The third-order valence-electron chi connectivity index (χ3n) is 6.19. The Kier molecular flexibility index (Phi) is 4.50. The first-order valence-corrected chi connectivity index (χ1v) is 9.62. The van der Waals surface area contributed by atoms with Crippen LogP contribution in [0.1, 0.15) is 24.0 Å². The quantitative estimate of drug-likeness (QED) is 0.634. The Morgan fingerprint density at radius 2 is 1.59 bits per heavy atom. The number of amides is 4. The van der Waals surface area contributed by atoms with Gasteiger partial charge in [0.2, 0.25) is 11.8 Å². The molecule has 1 aromatic carbocycles. The molecule has 6 heteroatoms. The maximum Gasteiger partial charge on any atom is 0.319 e. The summed E-state index contributed by atoms with van der Waals surface area (Å²) in [4.78, 5) is 39.0. The molecule has 4 atom stereocenters. The monoisotopic (exact) mass is 367 g/mol. The van der Waals surface area contributed by atoms with E-state index in [1.54, 1.807) is 0 Å². The summed E-state index contributed by atoms with van der Waals surface area (Å²) in [5.41, 5.74) is 2.76. The lowest BCUT2D eigenvalue weighted by Crippen LogP contribution is -2.40. The van der Waals surface area contributed by atoms with Gasteiger partial charge in [-0.25, -0.2) is 4.79 Å². The van der Waals surface area contributed by atoms with Gasteiger partial charge in [-0.05, 0) is 49.7 Å². The Hall–Kier alpha value is -2.63. The first-order valence-electron chi connectivity index (χ1n) is 9.62. The minimum absolute atomic E-state index is 0.0685. The lowest BCUT2D eigenvalue weighted by molar-refractivity contribution is -0.140. The number of urea groups is 1. The van der Waals surface area contributed by atoms with Gasteiger partial charge in [-0.2, -0.15) is 0 Å². The van der Waals surface area contributed by atoms with Crippen molar-refractivity contribution in [2.75, 3.05) is 18.4 Å². The zero-order chi connectivity index (χ0) is 19.1. The van der Waals surface area contributed by atoms with Crippen molar-refractivity contribution in [3.05, 3.63) is 41.5 Å². The normalized spacial score (nSPS) is 28.4. The molecule has 2 bridgehead atoms. The molecule has 142 valence electrons. The second-order valence-corrected chi connectivity index (χ2v) is 7.82. The molecule has 3 aliphatic carbocycles. The van der Waals surface area contributed by atoms with Crippen LogP contribution in [-0.2, 0) is 9.59 Å². The SMILES string of the molecule is Cc1cccc(C)c1NC(=O)NCCN1C(=O)[C@@H]2[C@H](C1=O)[C@H]1C=C[C@H]2CC1. The Morgan fingerprint density at radius 1 is 1.04 bits per heavy atom. The Morgan fingerprint density at radius 3 is 2.11 bits per heavy atom. The van der Waals surface area contributed by atoms with E-state index >= 15 is 0 Å². The number of hydrogen-bond donors (Lipinski definition) is 2. The van der Waals surface area contributed by atoms with Crippen LogP contribution in [0.2, 0.25) is 0 Å². The zero-order valence-electron chi connectivity index (χ0n) is 15.7. The number of carbonyl (C=O) groups is 3. The fraction of sp³-hybridized carbons (Fsp3) is 0.476. The number of imide groups is 1. The van der Waals surface area contributed by atoms with Crippen molar-refractivity contribution < 1.29 is 14.4 Å². The number of fused-ring (bicyclic) bond motifs is 1. The Labute approximate surface area is 159 Å². The summed E-state index contributed by atoms with van der Waals surface area (Å²) in [6, 6.07) is 5.49. The van der Waals surface area contributed by atoms with Crippen molar-refractivity contribution in [1.82, 2.24) is 10.2 Å². The van der Waals surface area contributed by atoms with Crippen molar-refractivity contribution in [2.24, 2.45) is 23.7 Å². The van der Waals surface area contributed by atoms with E-state index in [4.69, 9.17) is 0 Å². The summed E-state index contributed by atoms with van der Waals surface area (Å²) >= 11 is 0. The van der Waals surface area contributed by atoms with E-state index in [1.807, 2.05) is 32.0 Å². The van der Waals surface area contributed by atoms with E-state index in [1.165, 1.54) is 4.90 Å². The van der Waals surface area contributed by atoms with Crippen molar-refractivity contribution in [3.8, 4) is 0 Å². The number of benzene rings is 1. The topological polar surface area (TPSA) is 78.5 Å². The van der Waals surface area contributed by atoms with Crippen molar-refractivity contribution in [2.45, 2.75) is 26.7 Å². The van der Waals surface area contributed by atoms with Crippen LogP contribution >= 0.6 is 0 Å². The summed E-state index contributed by atoms with van der Waals surface area (Å²) < 4.78 is 0. The minimum Gasteiger partial charge on any atom is -0.336 e. The molecule has 1 heterocycles. The van der Waals surface area contributed by atoms with Crippen molar-refractivity contribution in [1.29, 1.82) is 0 Å². The number of likely N-dealkylation sites (tertiary alicyclic amines) is 1. The number of anilines is 1. The number of hydrogen-bond acceptors (Lipinski definition) is 3. The Bertz CT molecular complexity index is 780. The number of nitrogens with zero attached hydrogens (tertiary/aromatic N) is 1.